The molecule has 1 N–H and O–H groups in total. The molecule has 0 aliphatic carbocycles. The first-order chi connectivity index (χ1) is 12.3. The average molecular weight is 402 g/mol. The van der Waals surface area contributed by atoms with Crippen molar-refractivity contribution in [3.8, 4) is 0 Å². The SMILES string of the molecule is CN(C)S(=O)(=O)C[C@@H]1CN(C2CCN(c3ccccc3Cl)CC2)C[C@@H]1O. The van der Waals surface area contributed by atoms with Crippen LogP contribution < -0.4 is 4.90 Å². The topological polar surface area (TPSA) is 64.1 Å². The molecule has 0 bridgehead atoms. The maximum atomic E-state index is 12.1. The van der Waals surface area contributed by atoms with Crippen molar-refractivity contribution < 1.29 is 13.5 Å². The third kappa shape index (κ3) is 4.34. The van der Waals surface area contributed by atoms with Gasteiger partial charge in [0.1, 0.15) is 0 Å². The highest BCUT2D eigenvalue weighted by Gasteiger charge is 2.38. The van der Waals surface area contributed by atoms with Gasteiger partial charge in [0.25, 0.3) is 0 Å². The lowest BCUT2D eigenvalue weighted by atomic mass is 10.0. The monoisotopic (exact) mass is 401 g/mol. The second-order valence-corrected chi connectivity index (χ2v) is 10.1. The maximum Gasteiger partial charge on any atom is 0.214 e. The molecule has 2 heterocycles. The summed E-state index contributed by atoms with van der Waals surface area (Å²) in [6.45, 7) is 3.04. The molecule has 2 fully saturated rings. The third-order valence-corrected chi connectivity index (χ3v) is 7.87. The van der Waals surface area contributed by atoms with Gasteiger partial charge in [0, 0.05) is 52.2 Å². The van der Waals surface area contributed by atoms with Crippen LogP contribution in [0.2, 0.25) is 5.02 Å². The number of piperidine rings is 1. The summed E-state index contributed by atoms with van der Waals surface area (Å²) in [7, 11) is -0.213. The highest BCUT2D eigenvalue weighted by atomic mass is 35.5. The van der Waals surface area contributed by atoms with Crippen molar-refractivity contribution in [3.05, 3.63) is 29.3 Å². The molecule has 0 aromatic heterocycles. The van der Waals surface area contributed by atoms with Gasteiger partial charge in [-0.15, -0.1) is 0 Å². The smallest absolute Gasteiger partial charge is 0.214 e. The predicted octanol–water partition coefficient (Wildman–Crippen LogP) is 1.49. The van der Waals surface area contributed by atoms with Crippen LogP contribution in [-0.4, -0.2) is 80.9 Å². The first kappa shape index (κ1) is 19.9. The molecule has 0 amide bonds. The maximum absolute atomic E-state index is 12.1. The van der Waals surface area contributed by atoms with Crippen LogP contribution >= 0.6 is 11.6 Å². The number of benzene rings is 1. The number of nitrogens with zero attached hydrogens (tertiary/aromatic N) is 3. The fourth-order valence-corrected chi connectivity index (χ4v) is 5.37. The number of halogens is 1. The number of anilines is 1. The molecule has 0 spiro atoms. The van der Waals surface area contributed by atoms with E-state index in [2.05, 4.69) is 9.80 Å². The Kier molecular flexibility index (Phi) is 6.14. The zero-order chi connectivity index (χ0) is 18.9. The number of likely N-dealkylation sites (tertiary alicyclic amines) is 1. The summed E-state index contributed by atoms with van der Waals surface area (Å²) in [5, 5.41) is 11.1. The number of aliphatic hydroxyl groups is 1. The Labute approximate surface area is 161 Å². The Hall–Kier alpha value is -0.860. The van der Waals surface area contributed by atoms with Gasteiger partial charge in [0.05, 0.1) is 22.6 Å². The van der Waals surface area contributed by atoms with E-state index in [-0.39, 0.29) is 11.7 Å². The molecule has 1 aromatic rings. The third-order valence-electron chi connectivity index (χ3n) is 5.59. The predicted molar refractivity (Wildman–Crippen MR) is 105 cm³/mol. The number of hydrogen-bond acceptors (Lipinski definition) is 5. The fourth-order valence-electron chi connectivity index (χ4n) is 3.95. The summed E-state index contributed by atoms with van der Waals surface area (Å²) >= 11 is 6.30. The fraction of sp³-hybridized carbons (Fsp3) is 0.667. The number of sulfonamides is 1. The van der Waals surface area contributed by atoms with Crippen LogP contribution in [0, 0.1) is 5.92 Å². The van der Waals surface area contributed by atoms with Crippen molar-refractivity contribution in [1.29, 1.82) is 0 Å². The van der Waals surface area contributed by atoms with Crippen LogP contribution in [0.15, 0.2) is 24.3 Å². The summed E-state index contributed by atoms with van der Waals surface area (Å²) in [6, 6.07) is 8.28. The normalized spacial score (nSPS) is 26.0. The van der Waals surface area contributed by atoms with Gasteiger partial charge < -0.3 is 10.0 Å². The lowest BCUT2D eigenvalue weighted by Crippen LogP contribution is -2.44. The van der Waals surface area contributed by atoms with Crippen molar-refractivity contribution in [2.75, 3.05) is 50.9 Å². The lowest BCUT2D eigenvalue weighted by molar-refractivity contribution is 0.136. The van der Waals surface area contributed by atoms with E-state index in [0.29, 0.717) is 19.1 Å². The molecule has 3 rings (SSSR count). The minimum atomic E-state index is -3.29. The zero-order valence-electron chi connectivity index (χ0n) is 15.4. The molecule has 6 nitrogen and oxygen atoms in total. The van der Waals surface area contributed by atoms with Gasteiger partial charge in [-0.1, -0.05) is 23.7 Å². The zero-order valence-corrected chi connectivity index (χ0v) is 17.0. The second-order valence-electron chi connectivity index (χ2n) is 7.51. The quantitative estimate of drug-likeness (QED) is 0.809. The number of β-amino-alcohol motifs (C(OH)–C–C–N with tert-alkyl or cyclic N) is 1. The molecule has 146 valence electrons. The van der Waals surface area contributed by atoms with Gasteiger partial charge in [0.2, 0.25) is 10.0 Å². The van der Waals surface area contributed by atoms with Crippen LogP contribution in [0.4, 0.5) is 5.69 Å². The number of hydrogen-bond donors (Lipinski definition) is 1. The number of rotatable bonds is 5. The summed E-state index contributed by atoms with van der Waals surface area (Å²) < 4.78 is 25.5. The van der Waals surface area contributed by atoms with Crippen LogP contribution in [0.1, 0.15) is 12.8 Å². The standard InChI is InChI=1S/C18H28ClN3O3S/c1-20(2)26(24,25)13-14-11-22(12-18(14)23)15-7-9-21(10-8-15)17-6-4-3-5-16(17)19/h3-6,14-15,18,23H,7-13H2,1-2H3/t14-,18-/m0/s1. The summed E-state index contributed by atoms with van der Waals surface area (Å²) in [5.74, 6) is -0.208. The van der Waals surface area contributed by atoms with Gasteiger partial charge in [-0.25, -0.2) is 12.7 Å². The highest BCUT2D eigenvalue weighted by molar-refractivity contribution is 7.89. The second kappa shape index (κ2) is 8.02. The van der Waals surface area contributed by atoms with E-state index in [1.54, 1.807) is 14.1 Å². The van der Waals surface area contributed by atoms with E-state index >= 15 is 0 Å². The lowest BCUT2D eigenvalue weighted by Gasteiger charge is -2.38. The Balaban J connectivity index is 1.56. The van der Waals surface area contributed by atoms with Crippen molar-refractivity contribution in [3.63, 3.8) is 0 Å². The van der Waals surface area contributed by atoms with Crippen molar-refractivity contribution >= 4 is 27.3 Å². The largest absolute Gasteiger partial charge is 0.391 e. The molecule has 2 saturated heterocycles. The first-order valence-electron chi connectivity index (χ1n) is 9.09. The Morgan fingerprint density at radius 1 is 1.19 bits per heavy atom. The molecule has 1 aromatic carbocycles. The van der Waals surface area contributed by atoms with Crippen LogP contribution in [-0.2, 0) is 10.0 Å². The highest BCUT2D eigenvalue weighted by Crippen LogP contribution is 2.31. The molecule has 0 unspecified atom stereocenters. The van der Waals surface area contributed by atoms with E-state index in [1.165, 1.54) is 4.31 Å². The molecule has 2 atom stereocenters. The molecule has 26 heavy (non-hydrogen) atoms. The molecule has 8 heteroatoms. The van der Waals surface area contributed by atoms with Crippen LogP contribution in [0.3, 0.4) is 0 Å². The molecule has 0 saturated carbocycles. The van der Waals surface area contributed by atoms with E-state index in [0.717, 1.165) is 36.6 Å². The van der Waals surface area contributed by atoms with Crippen molar-refractivity contribution in [2.24, 2.45) is 5.92 Å². The summed E-state index contributed by atoms with van der Waals surface area (Å²) in [4.78, 5) is 4.57. The number of para-hydroxylation sites is 1. The molecular weight excluding hydrogens is 374 g/mol. The minimum Gasteiger partial charge on any atom is -0.391 e. The minimum absolute atomic E-state index is 0.0101. The van der Waals surface area contributed by atoms with E-state index in [1.807, 2.05) is 24.3 Å². The molecular formula is C18H28ClN3O3S. The molecule has 2 aliphatic rings. The Morgan fingerprint density at radius 3 is 2.46 bits per heavy atom. The molecule has 0 radical (unpaired) electrons. The van der Waals surface area contributed by atoms with Gasteiger partial charge >= 0.3 is 0 Å². The van der Waals surface area contributed by atoms with Gasteiger partial charge in [-0.3, -0.25) is 4.90 Å². The Bertz CT molecular complexity index is 720. The van der Waals surface area contributed by atoms with E-state index < -0.39 is 16.1 Å². The van der Waals surface area contributed by atoms with Crippen molar-refractivity contribution in [1.82, 2.24) is 9.21 Å². The molecule has 2 aliphatic heterocycles. The average Bonchev–Trinajstić information content (AvgIpc) is 2.95. The van der Waals surface area contributed by atoms with Gasteiger partial charge in [-0.05, 0) is 25.0 Å². The van der Waals surface area contributed by atoms with E-state index in [9.17, 15) is 13.5 Å². The summed E-state index contributed by atoms with van der Waals surface area (Å²) in [5.41, 5.74) is 1.07. The first-order valence-corrected chi connectivity index (χ1v) is 11.1. The van der Waals surface area contributed by atoms with Gasteiger partial charge in [0.15, 0.2) is 0 Å². The Morgan fingerprint density at radius 2 is 1.85 bits per heavy atom. The van der Waals surface area contributed by atoms with Crippen molar-refractivity contribution in [2.45, 2.75) is 25.0 Å². The number of aliphatic hydroxyl groups excluding tert-OH is 1. The van der Waals surface area contributed by atoms with E-state index in [4.69, 9.17) is 11.6 Å². The summed E-state index contributed by atoms with van der Waals surface area (Å²) in [6.07, 6.45) is 1.40. The van der Waals surface area contributed by atoms with Gasteiger partial charge in [-0.2, -0.15) is 0 Å². The van der Waals surface area contributed by atoms with Crippen LogP contribution in [0.5, 0.6) is 0 Å². The van der Waals surface area contributed by atoms with Crippen LogP contribution in [0.25, 0.3) is 0 Å².